The van der Waals surface area contributed by atoms with Crippen molar-refractivity contribution >= 4 is 19.5 Å². The third-order valence-electron chi connectivity index (χ3n) is 2.16. The minimum atomic E-state index is 1.29. The summed E-state index contributed by atoms with van der Waals surface area (Å²) in [7, 11) is 2.07. The molecule has 0 atom stereocenters. The summed E-state index contributed by atoms with van der Waals surface area (Å²) >= 11 is 0. The highest BCUT2D eigenvalue weighted by atomic mass is 14.0. The summed E-state index contributed by atoms with van der Waals surface area (Å²) in [6, 6.07) is 8.45. The lowest BCUT2D eigenvalue weighted by Crippen LogP contribution is -1.84. The lowest BCUT2D eigenvalue weighted by molar-refractivity contribution is 1.54. The zero-order valence-electron chi connectivity index (χ0n) is 8.54. The van der Waals surface area contributed by atoms with Crippen LogP contribution in [0.2, 0.25) is 0 Å². The van der Waals surface area contributed by atoms with Crippen LogP contribution in [0.3, 0.4) is 0 Å². The molecule has 0 aliphatic carbocycles. The van der Waals surface area contributed by atoms with E-state index in [0.29, 0.717) is 0 Å². The summed E-state index contributed by atoms with van der Waals surface area (Å²) in [5, 5.41) is 0. The van der Waals surface area contributed by atoms with Gasteiger partial charge in [0.25, 0.3) is 0 Å². The Labute approximate surface area is 81.4 Å². The Bertz CT molecular complexity index is 335. The van der Waals surface area contributed by atoms with Crippen LogP contribution in [0.4, 0.5) is 0 Å². The van der Waals surface area contributed by atoms with Gasteiger partial charge in [0.15, 0.2) is 0 Å². The molecule has 1 aromatic rings. The van der Waals surface area contributed by atoms with Crippen LogP contribution in [0.1, 0.15) is 25.0 Å². The molecule has 1 rings (SSSR count). The van der Waals surface area contributed by atoms with Crippen LogP contribution < -0.4 is 0 Å². The molecule has 0 aromatic heterocycles. The van der Waals surface area contributed by atoms with Crippen molar-refractivity contribution in [1.29, 1.82) is 0 Å². The fourth-order valence-corrected chi connectivity index (χ4v) is 1.34. The van der Waals surface area contributed by atoms with Crippen molar-refractivity contribution in [2.75, 3.05) is 0 Å². The van der Waals surface area contributed by atoms with Crippen LogP contribution in [0, 0.1) is 0 Å². The standard InChI is InChI=1S/C12H15B/c1-3-6-11-7-4-5-8-12(11)10(2)9-13/h3-9H,13H2,1-2H3/b6-3-,10-9-. The normalized spacial score (nSPS) is 12.3. The smallest absolute Gasteiger partial charge is 0.120 e. The third-order valence-corrected chi connectivity index (χ3v) is 2.16. The molecule has 66 valence electrons. The Morgan fingerprint density at radius 3 is 2.62 bits per heavy atom. The fraction of sp³-hybridized carbons (Fsp3) is 0.167. The van der Waals surface area contributed by atoms with E-state index in [1.165, 1.54) is 16.7 Å². The number of hydrogen-bond donors (Lipinski definition) is 0. The van der Waals surface area contributed by atoms with Crippen molar-refractivity contribution in [1.82, 2.24) is 0 Å². The van der Waals surface area contributed by atoms with Crippen LogP contribution in [-0.4, -0.2) is 7.85 Å². The number of rotatable bonds is 2. The highest BCUT2D eigenvalue weighted by Gasteiger charge is 1.98. The van der Waals surface area contributed by atoms with Gasteiger partial charge in [0.1, 0.15) is 7.85 Å². The molecule has 1 heteroatoms. The molecule has 0 nitrogen and oxygen atoms in total. The van der Waals surface area contributed by atoms with Gasteiger partial charge >= 0.3 is 0 Å². The monoisotopic (exact) mass is 170 g/mol. The van der Waals surface area contributed by atoms with Gasteiger partial charge in [-0.2, -0.15) is 0 Å². The van der Waals surface area contributed by atoms with E-state index in [1.54, 1.807) is 0 Å². The van der Waals surface area contributed by atoms with Crippen molar-refractivity contribution in [3.63, 3.8) is 0 Å². The first-order valence-corrected chi connectivity index (χ1v) is 4.64. The van der Waals surface area contributed by atoms with Crippen molar-refractivity contribution in [3.8, 4) is 0 Å². The van der Waals surface area contributed by atoms with E-state index in [1.807, 2.05) is 6.92 Å². The maximum absolute atomic E-state index is 2.16. The van der Waals surface area contributed by atoms with Crippen LogP contribution in [0.25, 0.3) is 11.6 Å². The maximum atomic E-state index is 2.16. The summed E-state index contributed by atoms with van der Waals surface area (Å²) in [6.07, 6.45) is 4.21. The largest absolute Gasteiger partial charge is 0.129 e. The van der Waals surface area contributed by atoms with E-state index < -0.39 is 0 Å². The molecule has 1 aromatic carbocycles. The van der Waals surface area contributed by atoms with Gasteiger partial charge in [-0.15, -0.1) is 5.98 Å². The van der Waals surface area contributed by atoms with Crippen molar-refractivity contribution in [2.24, 2.45) is 0 Å². The summed E-state index contributed by atoms with van der Waals surface area (Å²) in [4.78, 5) is 0. The third kappa shape index (κ3) is 2.35. The summed E-state index contributed by atoms with van der Waals surface area (Å²) in [5.41, 5.74) is 3.94. The molecule has 0 fully saturated rings. The summed E-state index contributed by atoms with van der Waals surface area (Å²) < 4.78 is 0. The predicted octanol–water partition coefficient (Wildman–Crippen LogP) is 2.71. The topological polar surface area (TPSA) is 0 Å². The highest BCUT2D eigenvalue weighted by molar-refractivity contribution is 6.20. The predicted molar refractivity (Wildman–Crippen MR) is 63.3 cm³/mol. The first-order chi connectivity index (χ1) is 6.29. The van der Waals surface area contributed by atoms with Crippen LogP contribution in [0.5, 0.6) is 0 Å². The second kappa shape index (κ2) is 4.71. The fourth-order valence-electron chi connectivity index (χ4n) is 1.34. The zero-order valence-corrected chi connectivity index (χ0v) is 8.54. The molecule has 0 aliphatic rings. The maximum Gasteiger partial charge on any atom is 0.129 e. The van der Waals surface area contributed by atoms with Gasteiger partial charge in [-0.3, -0.25) is 0 Å². The molecule has 0 saturated carbocycles. The lowest BCUT2D eigenvalue weighted by Gasteiger charge is -2.05. The van der Waals surface area contributed by atoms with Gasteiger partial charge in [-0.1, -0.05) is 42.0 Å². The van der Waals surface area contributed by atoms with E-state index in [0.717, 1.165) is 0 Å². The van der Waals surface area contributed by atoms with Crippen molar-refractivity contribution in [3.05, 3.63) is 47.4 Å². The number of hydrogen-bond acceptors (Lipinski definition) is 0. The molecule has 0 N–H and O–H groups in total. The van der Waals surface area contributed by atoms with Gasteiger partial charge in [0.05, 0.1) is 0 Å². The zero-order chi connectivity index (χ0) is 9.68. The van der Waals surface area contributed by atoms with Crippen molar-refractivity contribution in [2.45, 2.75) is 13.8 Å². The Balaban J connectivity index is 3.19. The van der Waals surface area contributed by atoms with Gasteiger partial charge in [0.2, 0.25) is 0 Å². The van der Waals surface area contributed by atoms with E-state index in [9.17, 15) is 0 Å². The van der Waals surface area contributed by atoms with E-state index >= 15 is 0 Å². The van der Waals surface area contributed by atoms with Gasteiger partial charge in [-0.05, 0) is 25.0 Å². The first-order valence-electron chi connectivity index (χ1n) is 4.64. The van der Waals surface area contributed by atoms with Gasteiger partial charge < -0.3 is 0 Å². The van der Waals surface area contributed by atoms with Gasteiger partial charge in [-0.25, -0.2) is 0 Å². The Hall–Kier alpha value is -1.24. The van der Waals surface area contributed by atoms with Crippen LogP contribution in [0.15, 0.2) is 36.3 Å². The molecule has 0 spiro atoms. The summed E-state index contributed by atoms with van der Waals surface area (Å²) in [5.74, 6) is 2.14. The van der Waals surface area contributed by atoms with Gasteiger partial charge in [0, 0.05) is 0 Å². The summed E-state index contributed by atoms with van der Waals surface area (Å²) in [6.45, 7) is 4.18. The molecule has 0 radical (unpaired) electrons. The lowest BCUT2D eigenvalue weighted by atomic mass is 9.95. The van der Waals surface area contributed by atoms with Crippen LogP contribution >= 0.6 is 0 Å². The van der Waals surface area contributed by atoms with E-state index in [-0.39, 0.29) is 0 Å². The molecule has 0 heterocycles. The van der Waals surface area contributed by atoms with Crippen molar-refractivity contribution < 1.29 is 0 Å². The average Bonchev–Trinajstić information content (AvgIpc) is 2.18. The molecule has 0 bridgehead atoms. The molecular formula is C12H15B. The molecule has 13 heavy (non-hydrogen) atoms. The SMILES string of the molecule is B/C=C(/C)c1ccccc1/C=C\C. The number of allylic oxidation sites excluding steroid dienone is 2. The Morgan fingerprint density at radius 2 is 2.00 bits per heavy atom. The first kappa shape index (κ1) is 9.85. The quantitative estimate of drug-likeness (QED) is 0.598. The Morgan fingerprint density at radius 1 is 1.31 bits per heavy atom. The highest BCUT2D eigenvalue weighted by Crippen LogP contribution is 2.19. The molecule has 0 unspecified atom stereocenters. The molecule has 0 aliphatic heterocycles. The molecule has 0 saturated heterocycles. The second-order valence-corrected chi connectivity index (χ2v) is 3.06. The minimum Gasteiger partial charge on any atom is -0.120 e. The average molecular weight is 170 g/mol. The Kier molecular flexibility index (Phi) is 3.57. The minimum absolute atomic E-state index is 1.29. The molecular weight excluding hydrogens is 155 g/mol. The van der Waals surface area contributed by atoms with E-state index in [2.05, 4.69) is 57.2 Å². The second-order valence-electron chi connectivity index (χ2n) is 3.06. The molecule has 0 amide bonds. The van der Waals surface area contributed by atoms with E-state index in [4.69, 9.17) is 0 Å². The van der Waals surface area contributed by atoms with Crippen LogP contribution in [-0.2, 0) is 0 Å². The number of benzene rings is 1.